The van der Waals surface area contributed by atoms with Gasteiger partial charge in [-0.3, -0.25) is 24.9 Å². The lowest BCUT2D eigenvalue weighted by Crippen LogP contribution is -2.38. The first-order chi connectivity index (χ1) is 38.7. The van der Waals surface area contributed by atoms with Gasteiger partial charge < -0.3 is 71.9 Å². The van der Waals surface area contributed by atoms with Gasteiger partial charge in [-0.25, -0.2) is 24.5 Å². The van der Waals surface area contributed by atoms with Crippen molar-refractivity contribution in [1.82, 2.24) is 20.6 Å². The van der Waals surface area contributed by atoms with Crippen LogP contribution in [0, 0.1) is 6.92 Å². The highest BCUT2D eigenvalue weighted by atomic mass is 35.5. The summed E-state index contributed by atoms with van der Waals surface area (Å²) >= 11 is 5.95. The lowest BCUT2D eigenvalue weighted by molar-refractivity contribution is -0.145. The standard InChI is InChI=1S/C55H71ClN12O12/c1-37-48(56)67-47(50(58)65-37)51(70)68-54(61)63-21-6-4-7-38-9-18-44(19-10-38)77-32-29-76-30-33-78-46(69)8-3-2-5-22-64-55(72)79-34-31-75-28-27-74-26-25-73-24-23-62-49(57)42-12-11-41-36-45(20-15-40(41)35-42)80-52(71)39-13-16-43(17-14-39)66-53(59)60/h9-20,35-36H,2-8,21-34H2,1H3,(H2,57,62)(H2,58,65)(H,64,72)(H4,59,60,66)(H3,61,63,68,70). The van der Waals surface area contributed by atoms with Gasteiger partial charge in [0.2, 0.25) is 0 Å². The topological polar surface area (TPSA) is 359 Å². The number of hydrogen-bond acceptors (Lipinski definition) is 18. The van der Waals surface area contributed by atoms with E-state index in [9.17, 15) is 19.2 Å². The number of benzene rings is 4. The number of nitrogens with two attached hydrogens (primary N) is 5. The number of aryl methyl sites for hydroxylation is 2. The van der Waals surface area contributed by atoms with Gasteiger partial charge in [0, 0.05) is 25.1 Å². The summed E-state index contributed by atoms with van der Waals surface area (Å²) in [5.41, 5.74) is 31.7. The third-order valence-corrected chi connectivity index (χ3v) is 11.6. The zero-order chi connectivity index (χ0) is 57.3. The number of nitrogens with one attached hydrogen (secondary N) is 2. The first-order valence-electron chi connectivity index (χ1n) is 26.0. The molecule has 0 atom stereocenters. The maximum absolute atomic E-state index is 12.6. The molecule has 2 amide bonds. The highest BCUT2D eigenvalue weighted by Gasteiger charge is 2.17. The Labute approximate surface area is 469 Å². The van der Waals surface area contributed by atoms with Crippen LogP contribution in [0.1, 0.15) is 76.2 Å². The molecule has 0 spiro atoms. The van der Waals surface area contributed by atoms with Crippen molar-refractivity contribution < 1.29 is 57.1 Å². The molecule has 0 aliphatic rings. The van der Waals surface area contributed by atoms with Gasteiger partial charge in [-0.05, 0) is 110 Å². The SMILES string of the molecule is Cc1nc(N)c(C(=O)NC(N)=NCCCCc2ccc(OCCOCCOC(=O)CCCCCNC(=O)OCCOCCOCCOCCN=C(N)c3ccc4cc(OC(=O)c5ccc(N=C(N)N)cc5)ccc4c3)cc2)nc1Cl. The van der Waals surface area contributed by atoms with Crippen LogP contribution in [0.5, 0.6) is 11.5 Å². The second kappa shape index (κ2) is 35.4. The van der Waals surface area contributed by atoms with Crippen LogP contribution in [0.15, 0.2) is 99.9 Å². The Kier molecular flexibility index (Phi) is 27.7. The van der Waals surface area contributed by atoms with E-state index in [0.29, 0.717) is 113 Å². The fraction of sp³-hybridized carbons (Fsp3) is 0.400. The van der Waals surface area contributed by atoms with Gasteiger partial charge in [0.1, 0.15) is 37.2 Å². The molecule has 0 unspecified atom stereocenters. The number of ether oxygens (including phenoxy) is 8. The number of rotatable bonds is 35. The number of alkyl carbamates (subject to hydrolysis) is 1. The van der Waals surface area contributed by atoms with Gasteiger partial charge in [-0.2, -0.15) is 0 Å². The Morgan fingerprint density at radius 1 is 0.625 bits per heavy atom. The lowest BCUT2D eigenvalue weighted by atomic mass is 10.1. The van der Waals surface area contributed by atoms with Crippen molar-refractivity contribution in [1.29, 1.82) is 0 Å². The molecule has 430 valence electrons. The van der Waals surface area contributed by atoms with E-state index in [4.69, 9.17) is 78.2 Å². The minimum absolute atomic E-state index is 0.0460. The molecule has 4 aromatic carbocycles. The predicted octanol–water partition coefficient (Wildman–Crippen LogP) is 5.05. The zero-order valence-corrected chi connectivity index (χ0v) is 45.6. The molecule has 1 heterocycles. The fourth-order valence-corrected chi connectivity index (χ4v) is 7.33. The second-order valence-corrected chi connectivity index (χ2v) is 17.9. The number of halogens is 1. The minimum atomic E-state index is -0.637. The third kappa shape index (κ3) is 24.2. The average molecular weight is 1130 g/mol. The molecule has 0 bridgehead atoms. The van der Waals surface area contributed by atoms with E-state index in [1.807, 2.05) is 48.5 Å². The number of anilines is 1. The van der Waals surface area contributed by atoms with E-state index in [1.165, 1.54) is 0 Å². The molecule has 0 aliphatic heterocycles. The van der Waals surface area contributed by atoms with Crippen LogP contribution < -0.4 is 48.8 Å². The number of fused-ring (bicyclic) bond motifs is 1. The van der Waals surface area contributed by atoms with Gasteiger partial charge in [-0.15, -0.1) is 0 Å². The summed E-state index contributed by atoms with van der Waals surface area (Å²) in [7, 11) is 0. The van der Waals surface area contributed by atoms with Crippen molar-refractivity contribution in [2.45, 2.75) is 51.9 Å². The minimum Gasteiger partial charge on any atom is -0.491 e. The van der Waals surface area contributed by atoms with Crippen LogP contribution in [-0.2, 0) is 39.6 Å². The largest absolute Gasteiger partial charge is 0.491 e. The van der Waals surface area contributed by atoms with E-state index in [0.717, 1.165) is 47.6 Å². The zero-order valence-electron chi connectivity index (χ0n) is 44.8. The summed E-state index contributed by atoms with van der Waals surface area (Å²) in [6.07, 6.45) is 4.22. The van der Waals surface area contributed by atoms with E-state index < -0.39 is 18.0 Å². The normalized spacial score (nSPS) is 11.5. The molecule has 0 radical (unpaired) electrons. The number of amidine groups is 1. The van der Waals surface area contributed by atoms with Gasteiger partial charge in [0.25, 0.3) is 5.91 Å². The van der Waals surface area contributed by atoms with Crippen molar-refractivity contribution in [2.24, 2.45) is 37.9 Å². The third-order valence-electron chi connectivity index (χ3n) is 11.3. The summed E-state index contributed by atoms with van der Waals surface area (Å²) in [6.45, 7) is 6.03. The molecule has 5 rings (SSSR count). The van der Waals surface area contributed by atoms with Crippen LogP contribution in [0.4, 0.5) is 16.3 Å². The summed E-state index contributed by atoms with van der Waals surface area (Å²) in [6, 6.07) is 25.1. The van der Waals surface area contributed by atoms with E-state index >= 15 is 0 Å². The van der Waals surface area contributed by atoms with Crippen LogP contribution in [0.2, 0.25) is 5.15 Å². The quantitative estimate of drug-likeness (QED) is 0.00917. The monoisotopic (exact) mass is 1130 g/mol. The number of aliphatic imine (C=N–C) groups is 3. The summed E-state index contributed by atoms with van der Waals surface area (Å²) < 4.78 is 43.8. The number of unbranched alkanes of at least 4 members (excludes halogenated alkanes) is 3. The van der Waals surface area contributed by atoms with E-state index in [-0.39, 0.29) is 67.4 Å². The Morgan fingerprint density at radius 3 is 1.99 bits per heavy atom. The number of carbonyl (C=O) groups is 4. The molecule has 80 heavy (non-hydrogen) atoms. The smallest absolute Gasteiger partial charge is 0.407 e. The second-order valence-electron chi connectivity index (χ2n) is 17.5. The molecule has 25 heteroatoms. The number of hydrogen-bond donors (Lipinski definition) is 7. The first kappa shape index (κ1) is 62.7. The van der Waals surface area contributed by atoms with Crippen molar-refractivity contribution in [3.63, 3.8) is 0 Å². The average Bonchev–Trinajstić information content (AvgIpc) is 3.46. The lowest BCUT2D eigenvalue weighted by Gasteiger charge is -2.09. The molecule has 24 nitrogen and oxygen atoms in total. The molecule has 0 saturated carbocycles. The highest BCUT2D eigenvalue weighted by Crippen LogP contribution is 2.24. The van der Waals surface area contributed by atoms with Crippen molar-refractivity contribution in [3.05, 3.63) is 118 Å². The number of nitrogen functional groups attached to an aromatic ring is 1. The van der Waals surface area contributed by atoms with Crippen molar-refractivity contribution in [3.8, 4) is 11.5 Å². The van der Waals surface area contributed by atoms with Crippen LogP contribution in [0.25, 0.3) is 10.8 Å². The van der Waals surface area contributed by atoms with Crippen molar-refractivity contribution >= 4 is 75.6 Å². The molecule has 0 aliphatic carbocycles. The summed E-state index contributed by atoms with van der Waals surface area (Å²) in [5.74, 6) is -0.141. The highest BCUT2D eigenvalue weighted by molar-refractivity contribution is 6.30. The van der Waals surface area contributed by atoms with Gasteiger partial charge >= 0.3 is 18.0 Å². The van der Waals surface area contributed by atoms with E-state index in [1.54, 1.807) is 43.3 Å². The van der Waals surface area contributed by atoms with Crippen molar-refractivity contribution in [2.75, 3.05) is 98.0 Å². The predicted molar refractivity (Wildman–Crippen MR) is 303 cm³/mol. The van der Waals surface area contributed by atoms with Crippen LogP contribution in [-0.4, -0.2) is 144 Å². The Morgan fingerprint density at radius 2 is 1.26 bits per heavy atom. The number of esters is 2. The Bertz CT molecular complexity index is 2850. The molecular weight excluding hydrogens is 1060 g/mol. The van der Waals surface area contributed by atoms with Gasteiger partial charge in [0.15, 0.2) is 28.6 Å². The molecule has 0 fully saturated rings. The number of guanidine groups is 2. The summed E-state index contributed by atoms with van der Waals surface area (Å²) in [4.78, 5) is 69.6. The van der Waals surface area contributed by atoms with Gasteiger partial charge in [-0.1, -0.05) is 48.4 Å². The maximum atomic E-state index is 12.6. The first-order valence-corrected chi connectivity index (χ1v) is 26.4. The van der Waals surface area contributed by atoms with Crippen LogP contribution in [0.3, 0.4) is 0 Å². The fourth-order valence-electron chi connectivity index (χ4n) is 7.20. The number of carbonyl (C=O) groups excluding carboxylic acids is 4. The Balaban J connectivity index is 0.757. The Hall–Kier alpha value is -8.16. The molecule has 12 N–H and O–H groups in total. The van der Waals surface area contributed by atoms with Crippen LogP contribution >= 0.6 is 11.6 Å². The summed E-state index contributed by atoms with van der Waals surface area (Å²) in [5, 5.41) is 6.98. The number of nitrogens with zero attached hydrogens (tertiary/aromatic N) is 5. The molecule has 5 aromatic rings. The number of aromatic nitrogens is 2. The number of amides is 2. The van der Waals surface area contributed by atoms with Gasteiger partial charge in [0.05, 0.1) is 76.3 Å². The van der Waals surface area contributed by atoms with E-state index in [2.05, 4.69) is 35.6 Å². The molecule has 0 saturated heterocycles. The molecular formula is C55H71ClN12O12. The maximum Gasteiger partial charge on any atom is 0.407 e. The molecule has 1 aromatic heterocycles.